The summed E-state index contributed by atoms with van der Waals surface area (Å²) in [6.45, 7) is 0. The minimum absolute atomic E-state index is 0.0459. The standard InChI is InChI=1S/C10H7ClO2S/c11-10-2-1-9(14-10)6-3-7(12)5-8(13)4-6/h1-5,12-13H. The maximum absolute atomic E-state index is 9.27. The van der Waals surface area contributed by atoms with Gasteiger partial charge in [0.05, 0.1) is 4.34 Å². The van der Waals surface area contributed by atoms with Crippen molar-refractivity contribution in [2.24, 2.45) is 0 Å². The molecular formula is C10H7ClO2S. The highest BCUT2D eigenvalue weighted by Crippen LogP contribution is 2.34. The average Bonchev–Trinajstić information content (AvgIpc) is 2.50. The van der Waals surface area contributed by atoms with Crippen molar-refractivity contribution < 1.29 is 10.2 Å². The summed E-state index contributed by atoms with van der Waals surface area (Å²) < 4.78 is 0.683. The lowest BCUT2D eigenvalue weighted by atomic mass is 10.2. The van der Waals surface area contributed by atoms with Gasteiger partial charge in [-0.15, -0.1) is 11.3 Å². The molecule has 1 aromatic carbocycles. The van der Waals surface area contributed by atoms with E-state index in [1.807, 2.05) is 6.07 Å². The van der Waals surface area contributed by atoms with Gasteiger partial charge in [-0.2, -0.15) is 0 Å². The molecule has 0 spiro atoms. The number of hydrogen-bond donors (Lipinski definition) is 2. The summed E-state index contributed by atoms with van der Waals surface area (Å²) in [6, 6.07) is 8.09. The highest BCUT2D eigenvalue weighted by molar-refractivity contribution is 7.19. The fourth-order valence-electron chi connectivity index (χ4n) is 1.21. The van der Waals surface area contributed by atoms with Gasteiger partial charge in [0.1, 0.15) is 11.5 Å². The summed E-state index contributed by atoms with van der Waals surface area (Å²) in [4.78, 5) is 0.918. The lowest BCUT2D eigenvalue weighted by Crippen LogP contribution is -1.72. The Morgan fingerprint density at radius 1 is 1.00 bits per heavy atom. The van der Waals surface area contributed by atoms with E-state index < -0.39 is 0 Å². The molecule has 0 atom stereocenters. The van der Waals surface area contributed by atoms with Gasteiger partial charge in [0, 0.05) is 10.9 Å². The molecule has 0 bridgehead atoms. The van der Waals surface area contributed by atoms with E-state index >= 15 is 0 Å². The van der Waals surface area contributed by atoms with E-state index in [4.69, 9.17) is 11.6 Å². The number of hydrogen-bond acceptors (Lipinski definition) is 3. The van der Waals surface area contributed by atoms with Crippen molar-refractivity contribution in [1.82, 2.24) is 0 Å². The van der Waals surface area contributed by atoms with Crippen LogP contribution in [-0.2, 0) is 0 Å². The number of rotatable bonds is 1. The Bertz CT molecular complexity index is 445. The van der Waals surface area contributed by atoms with E-state index in [1.165, 1.54) is 17.4 Å². The molecule has 0 fully saturated rings. The molecule has 2 N–H and O–H groups in total. The molecule has 1 heterocycles. The van der Waals surface area contributed by atoms with Crippen LogP contribution in [0.4, 0.5) is 0 Å². The van der Waals surface area contributed by atoms with Crippen molar-refractivity contribution in [3.8, 4) is 21.9 Å². The Labute approximate surface area is 90.0 Å². The van der Waals surface area contributed by atoms with Crippen LogP contribution < -0.4 is 0 Å². The van der Waals surface area contributed by atoms with Crippen LogP contribution in [0.2, 0.25) is 4.34 Å². The Hall–Kier alpha value is -1.19. The van der Waals surface area contributed by atoms with Gasteiger partial charge < -0.3 is 10.2 Å². The van der Waals surface area contributed by atoms with Gasteiger partial charge in [-0.3, -0.25) is 0 Å². The van der Waals surface area contributed by atoms with Crippen molar-refractivity contribution in [3.05, 3.63) is 34.7 Å². The summed E-state index contributed by atoms with van der Waals surface area (Å²) in [6.07, 6.45) is 0. The van der Waals surface area contributed by atoms with Crippen LogP contribution in [0.25, 0.3) is 10.4 Å². The maximum atomic E-state index is 9.27. The van der Waals surface area contributed by atoms with Gasteiger partial charge in [-0.05, 0) is 29.8 Å². The third-order valence-electron chi connectivity index (χ3n) is 1.76. The summed E-state index contributed by atoms with van der Waals surface area (Å²) in [5.74, 6) is 0.0917. The zero-order valence-corrected chi connectivity index (χ0v) is 8.64. The molecule has 72 valence electrons. The predicted octanol–water partition coefficient (Wildman–Crippen LogP) is 3.48. The Kier molecular flexibility index (Phi) is 2.35. The first kappa shape index (κ1) is 9.37. The van der Waals surface area contributed by atoms with E-state index in [0.717, 1.165) is 10.4 Å². The Balaban J connectivity index is 2.51. The lowest BCUT2D eigenvalue weighted by molar-refractivity contribution is 0.451. The molecule has 0 radical (unpaired) electrons. The molecule has 2 nitrogen and oxygen atoms in total. The first-order valence-corrected chi connectivity index (χ1v) is 5.13. The predicted molar refractivity (Wildman–Crippen MR) is 58.1 cm³/mol. The molecule has 0 amide bonds. The minimum atomic E-state index is 0.0459. The SMILES string of the molecule is Oc1cc(O)cc(-c2ccc(Cl)s2)c1. The number of halogens is 1. The number of phenols is 2. The Morgan fingerprint density at radius 2 is 1.64 bits per heavy atom. The fraction of sp³-hybridized carbons (Fsp3) is 0. The molecule has 2 aromatic rings. The number of phenolic OH excluding ortho intramolecular Hbond substituents is 2. The molecule has 4 heteroatoms. The van der Waals surface area contributed by atoms with Crippen molar-refractivity contribution in [3.63, 3.8) is 0 Å². The molecule has 2 rings (SSSR count). The van der Waals surface area contributed by atoms with Gasteiger partial charge in [-0.1, -0.05) is 11.6 Å². The van der Waals surface area contributed by atoms with Crippen LogP contribution in [0.3, 0.4) is 0 Å². The van der Waals surface area contributed by atoms with Gasteiger partial charge in [0.25, 0.3) is 0 Å². The van der Waals surface area contributed by atoms with Crippen LogP contribution in [-0.4, -0.2) is 10.2 Å². The van der Waals surface area contributed by atoms with Crippen molar-refractivity contribution in [2.45, 2.75) is 0 Å². The Morgan fingerprint density at radius 3 is 2.14 bits per heavy atom. The summed E-state index contributed by atoms with van der Waals surface area (Å²) in [5, 5.41) is 18.5. The fourth-order valence-corrected chi connectivity index (χ4v) is 2.24. The second-order valence-corrected chi connectivity index (χ2v) is 4.56. The monoisotopic (exact) mass is 226 g/mol. The number of thiophene rings is 1. The lowest BCUT2D eigenvalue weighted by Gasteiger charge is -1.99. The molecule has 0 aliphatic heterocycles. The van der Waals surface area contributed by atoms with E-state index in [9.17, 15) is 10.2 Å². The van der Waals surface area contributed by atoms with E-state index in [0.29, 0.717) is 4.34 Å². The van der Waals surface area contributed by atoms with Crippen LogP contribution in [0.15, 0.2) is 30.3 Å². The molecular weight excluding hydrogens is 220 g/mol. The highest BCUT2D eigenvalue weighted by Gasteiger charge is 2.04. The van der Waals surface area contributed by atoms with Gasteiger partial charge in [-0.25, -0.2) is 0 Å². The second kappa shape index (κ2) is 3.52. The topological polar surface area (TPSA) is 40.5 Å². The van der Waals surface area contributed by atoms with Gasteiger partial charge in [0.15, 0.2) is 0 Å². The molecule has 0 unspecified atom stereocenters. The summed E-state index contributed by atoms with van der Waals surface area (Å²) in [7, 11) is 0. The minimum Gasteiger partial charge on any atom is -0.508 e. The first-order chi connectivity index (χ1) is 6.65. The molecule has 14 heavy (non-hydrogen) atoms. The van der Waals surface area contributed by atoms with Crippen LogP contribution in [0.1, 0.15) is 0 Å². The second-order valence-electron chi connectivity index (χ2n) is 2.84. The van der Waals surface area contributed by atoms with E-state index in [2.05, 4.69) is 0 Å². The summed E-state index contributed by atoms with van der Waals surface area (Å²) in [5.41, 5.74) is 0.763. The highest BCUT2D eigenvalue weighted by atomic mass is 35.5. The number of aromatic hydroxyl groups is 2. The first-order valence-electron chi connectivity index (χ1n) is 3.94. The molecule has 0 saturated carbocycles. The van der Waals surface area contributed by atoms with Crippen molar-refractivity contribution >= 4 is 22.9 Å². The van der Waals surface area contributed by atoms with Crippen LogP contribution in [0.5, 0.6) is 11.5 Å². The zero-order valence-electron chi connectivity index (χ0n) is 7.07. The third-order valence-corrected chi connectivity index (χ3v) is 3.04. The molecule has 1 aromatic heterocycles. The average molecular weight is 227 g/mol. The quantitative estimate of drug-likeness (QED) is 0.782. The molecule has 0 aliphatic rings. The smallest absolute Gasteiger partial charge is 0.119 e. The van der Waals surface area contributed by atoms with E-state index in [1.54, 1.807) is 18.2 Å². The zero-order chi connectivity index (χ0) is 10.1. The van der Waals surface area contributed by atoms with Gasteiger partial charge >= 0.3 is 0 Å². The normalized spacial score (nSPS) is 10.4. The number of benzene rings is 1. The molecule has 0 aliphatic carbocycles. The third kappa shape index (κ3) is 1.84. The van der Waals surface area contributed by atoms with Crippen LogP contribution >= 0.6 is 22.9 Å². The largest absolute Gasteiger partial charge is 0.508 e. The maximum Gasteiger partial charge on any atom is 0.119 e. The van der Waals surface area contributed by atoms with E-state index in [-0.39, 0.29) is 11.5 Å². The molecule has 0 saturated heterocycles. The summed E-state index contributed by atoms with van der Waals surface area (Å²) >= 11 is 7.18. The van der Waals surface area contributed by atoms with Gasteiger partial charge in [0.2, 0.25) is 0 Å². The van der Waals surface area contributed by atoms with Crippen molar-refractivity contribution in [2.75, 3.05) is 0 Å². The van der Waals surface area contributed by atoms with Crippen LogP contribution in [0, 0.1) is 0 Å². The van der Waals surface area contributed by atoms with Crippen molar-refractivity contribution in [1.29, 1.82) is 0 Å².